The van der Waals surface area contributed by atoms with Crippen molar-refractivity contribution in [1.82, 2.24) is 0 Å². The molecule has 1 heterocycles. The van der Waals surface area contributed by atoms with E-state index in [0.717, 1.165) is 16.7 Å². The summed E-state index contributed by atoms with van der Waals surface area (Å²) in [7, 11) is 0. The molecule has 3 rings (SSSR count). The zero-order valence-corrected chi connectivity index (χ0v) is 10.4. The minimum Gasteiger partial charge on any atom is -0.478 e. The van der Waals surface area contributed by atoms with Gasteiger partial charge in [-0.3, -0.25) is 0 Å². The van der Waals surface area contributed by atoms with E-state index in [1.165, 1.54) is 5.56 Å². The molecule has 1 aromatic heterocycles. The van der Waals surface area contributed by atoms with Gasteiger partial charge in [-0.2, -0.15) is 0 Å². The van der Waals surface area contributed by atoms with Gasteiger partial charge in [0.2, 0.25) is 0 Å². The first-order valence-corrected chi connectivity index (χ1v) is 5.97. The van der Waals surface area contributed by atoms with Crippen LogP contribution in [0, 0.1) is 6.92 Å². The van der Waals surface area contributed by atoms with Crippen molar-refractivity contribution in [3.05, 3.63) is 59.7 Å². The molecule has 0 spiro atoms. The molecule has 2 aromatic carbocycles. The second kappa shape index (κ2) is 4.28. The Kier molecular flexibility index (Phi) is 2.60. The van der Waals surface area contributed by atoms with Gasteiger partial charge in [0.15, 0.2) is 0 Å². The minimum absolute atomic E-state index is 0.267. The molecular weight excluding hydrogens is 240 g/mol. The fourth-order valence-electron chi connectivity index (χ4n) is 2.04. The van der Waals surface area contributed by atoms with Crippen molar-refractivity contribution in [3.63, 3.8) is 0 Å². The van der Waals surface area contributed by atoms with E-state index in [9.17, 15) is 4.79 Å². The smallest absolute Gasteiger partial charge is 0.335 e. The number of hydrogen-bond donors (Lipinski definition) is 1. The molecule has 0 saturated carbocycles. The molecule has 0 saturated heterocycles. The SMILES string of the molecule is Cc1ccc(-c2cc3cc(C(=O)O)ccc3o2)cc1. The van der Waals surface area contributed by atoms with Gasteiger partial charge in [-0.15, -0.1) is 0 Å². The van der Waals surface area contributed by atoms with E-state index in [1.54, 1.807) is 18.2 Å². The van der Waals surface area contributed by atoms with Gasteiger partial charge in [-0.1, -0.05) is 29.8 Å². The standard InChI is InChI=1S/C16H12O3/c1-10-2-4-11(5-3-10)15-9-13-8-12(16(17)18)6-7-14(13)19-15/h2-9H,1H3,(H,17,18). The van der Waals surface area contributed by atoms with Crippen molar-refractivity contribution >= 4 is 16.9 Å². The minimum atomic E-state index is -0.931. The summed E-state index contributed by atoms with van der Waals surface area (Å²) >= 11 is 0. The van der Waals surface area contributed by atoms with Crippen LogP contribution in [0.4, 0.5) is 0 Å². The molecule has 0 aliphatic heterocycles. The van der Waals surface area contributed by atoms with Crippen molar-refractivity contribution in [2.24, 2.45) is 0 Å². The van der Waals surface area contributed by atoms with Crippen LogP contribution >= 0.6 is 0 Å². The highest BCUT2D eigenvalue weighted by Gasteiger charge is 2.09. The van der Waals surface area contributed by atoms with E-state index in [4.69, 9.17) is 9.52 Å². The fourth-order valence-corrected chi connectivity index (χ4v) is 2.04. The Bertz CT molecular complexity index is 751. The van der Waals surface area contributed by atoms with Crippen molar-refractivity contribution in [1.29, 1.82) is 0 Å². The zero-order valence-electron chi connectivity index (χ0n) is 10.4. The predicted molar refractivity (Wildman–Crippen MR) is 73.3 cm³/mol. The predicted octanol–water partition coefficient (Wildman–Crippen LogP) is 4.11. The number of carbonyl (C=O) groups is 1. The summed E-state index contributed by atoms with van der Waals surface area (Å²) in [6, 6.07) is 14.8. The number of aryl methyl sites for hydroxylation is 1. The number of furan rings is 1. The maximum atomic E-state index is 10.9. The number of rotatable bonds is 2. The number of carboxylic acid groups (broad SMARTS) is 1. The van der Waals surface area contributed by atoms with Crippen LogP contribution in [0.5, 0.6) is 0 Å². The zero-order chi connectivity index (χ0) is 13.4. The third kappa shape index (κ3) is 2.10. The first-order chi connectivity index (χ1) is 9.13. The summed E-state index contributed by atoms with van der Waals surface area (Å²) in [5.74, 6) is -0.183. The van der Waals surface area contributed by atoms with E-state index >= 15 is 0 Å². The van der Waals surface area contributed by atoms with Crippen LogP contribution in [0.25, 0.3) is 22.3 Å². The molecule has 0 atom stereocenters. The highest BCUT2D eigenvalue weighted by atomic mass is 16.4. The summed E-state index contributed by atoms with van der Waals surface area (Å²) in [6.07, 6.45) is 0. The normalized spacial score (nSPS) is 10.8. The monoisotopic (exact) mass is 252 g/mol. The van der Waals surface area contributed by atoms with Gasteiger partial charge < -0.3 is 9.52 Å². The lowest BCUT2D eigenvalue weighted by Gasteiger charge is -1.96. The van der Waals surface area contributed by atoms with Gasteiger partial charge in [0.25, 0.3) is 0 Å². The number of aromatic carboxylic acids is 1. The number of carboxylic acids is 1. The Morgan fingerprint density at radius 3 is 2.47 bits per heavy atom. The van der Waals surface area contributed by atoms with Crippen molar-refractivity contribution < 1.29 is 14.3 Å². The van der Waals surface area contributed by atoms with Crippen LogP contribution in [-0.2, 0) is 0 Å². The van der Waals surface area contributed by atoms with Gasteiger partial charge in [-0.25, -0.2) is 4.79 Å². The lowest BCUT2D eigenvalue weighted by molar-refractivity contribution is 0.0697. The molecule has 0 unspecified atom stereocenters. The Labute approximate surface area is 110 Å². The van der Waals surface area contributed by atoms with Gasteiger partial charge in [0.05, 0.1) is 5.56 Å². The number of benzene rings is 2. The molecule has 3 aromatic rings. The molecule has 94 valence electrons. The Balaban J connectivity index is 2.11. The lowest BCUT2D eigenvalue weighted by atomic mass is 10.1. The molecular formula is C16H12O3. The second-order valence-corrected chi connectivity index (χ2v) is 4.53. The molecule has 1 N–H and O–H groups in total. The van der Waals surface area contributed by atoms with Gasteiger partial charge >= 0.3 is 5.97 Å². The first kappa shape index (κ1) is 11.5. The van der Waals surface area contributed by atoms with Crippen molar-refractivity contribution in [2.75, 3.05) is 0 Å². The Morgan fingerprint density at radius 2 is 1.79 bits per heavy atom. The number of fused-ring (bicyclic) bond motifs is 1. The molecule has 0 bridgehead atoms. The lowest BCUT2D eigenvalue weighted by Crippen LogP contribution is -1.94. The highest BCUT2D eigenvalue weighted by Crippen LogP contribution is 2.28. The third-order valence-corrected chi connectivity index (χ3v) is 3.10. The summed E-state index contributed by atoms with van der Waals surface area (Å²) in [4.78, 5) is 10.9. The van der Waals surface area contributed by atoms with Crippen LogP contribution < -0.4 is 0 Å². The van der Waals surface area contributed by atoms with Crippen LogP contribution in [0.3, 0.4) is 0 Å². The van der Waals surface area contributed by atoms with Gasteiger partial charge in [0.1, 0.15) is 11.3 Å². The summed E-state index contributed by atoms with van der Waals surface area (Å²) < 4.78 is 5.74. The molecule has 19 heavy (non-hydrogen) atoms. The van der Waals surface area contributed by atoms with Crippen LogP contribution in [-0.4, -0.2) is 11.1 Å². The highest BCUT2D eigenvalue weighted by molar-refractivity contribution is 5.94. The average Bonchev–Trinajstić information content (AvgIpc) is 2.82. The molecule has 0 aliphatic carbocycles. The summed E-state index contributed by atoms with van der Waals surface area (Å²) in [5.41, 5.74) is 3.14. The molecule has 0 aliphatic rings. The summed E-state index contributed by atoms with van der Waals surface area (Å²) in [6.45, 7) is 2.03. The maximum Gasteiger partial charge on any atom is 0.335 e. The Hall–Kier alpha value is -2.55. The summed E-state index contributed by atoms with van der Waals surface area (Å²) in [5, 5.41) is 9.77. The molecule has 0 radical (unpaired) electrons. The van der Waals surface area contributed by atoms with Crippen molar-refractivity contribution in [3.8, 4) is 11.3 Å². The van der Waals surface area contributed by atoms with Crippen molar-refractivity contribution in [2.45, 2.75) is 6.92 Å². The topological polar surface area (TPSA) is 50.4 Å². The van der Waals surface area contributed by atoms with Crippen LogP contribution in [0.15, 0.2) is 52.9 Å². The molecule has 3 heteroatoms. The second-order valence-electron chi connectivity index (χ2n) is 4.53. The van der Waals surface area contributed by atoms with E-state index < -0.39 is 5.97 Å². The molecule has 0 fully saturated rings. The van der Waals surface area contributed by atoms with Crippen LogP contribution in [0.2, 0.25) is 0 Å². The van der Waals surface area contributed by atoms with Crippen LogP contribution in [0.1, 0.15) is 15.9 Å². The molecule has 3 nitrogen and oxygen atoms in total. The van der Waals surface area contributed by atoms with E-state index in [-0.39, 0.29) is 5.56 Å². The maximum absolute atomic E-state index is 10.9. The van der Waals surface area contributed by atoms with Gasteiger partial charge in [-0.05, 0) is 31.2 Å². The van der Waals surface area contributed by atoms with Gasteiger partial charge in [0, 0.05) is 10.9 Å². The third-order valence-electron chi connectivity index (χ3n) is 3.10. The fraction of sp³-hybridized carbons (Fsp3) is 0.0625. The average molecular weight is 252 g/mol. The van der Waals surface area contributed by atoms with E-state index in [1.807, 2.05) is 37.3 Å². The van der Waals surface area contributed by atoms with E-state index in [2.05, 4.69) is 0 Å². The molecule has 0 amide bonds. The quantitative estimate of drug-likeness (QED) is 0.746. The van der Waals surface area contributed by atoms with E-state index in [0.29, 0.717) is 5.58 Å². The number of hydrogen-bond acceptors (Lipinski definition) is 2. The Morgan fingerprint density at radius 1 is 1.05 bits per heavy atom. The first-order valence-electron chi connectivity index (χ1n) is 5.97. The largest absolute Gasteiger partial charge is 0.478 e.